The van der Waals surface area contributed by atoms with E-state index >= 15 is 0 Å². The van der Waals surface area contributed by atoms with Gasteiger partial charge in [-0.25, -0.2) is 0 Å². The molecule has 2 heteroatoms. The van der Waals surface area contributed by atoms with Gasteiger partial charge >= 0.3 is 0 Å². The lowest BCUT2D eigenvalue weighted by molar-refractivity contribution is 0.474. The van der Waals surface area contributed by atoms with Crippen molar-refractivity contribution >= 4 is 0 Å². The maximum atomic E-state index is 9.80. The Hall–Kier alpha value is -4.30. The summed E-state index contributed by atoms with van der Waals surface area (Å²) in [7, 11) is 0. The molecule has 5 rings (SSSR count). The highest BCUT2D eigenvalue weighted by molar-refractivity contribution is 5.47. The number of hydrogen-bond donors (Lipinski definition) is 2. The Morgan fingerprint density at radius 1 is 0.395 bits per heavy atom. The number of rotatable bonds is 8. The first-order valence-corrected chi connectivity index (χ1v) is 13.1. The summed E-state index contributed by atoms with van der Waals surface area (Å²) < 4.78 is 0. The molecule has 0 heterocycles. The minimum atomic E-state index is -0.239. The van der Waals surface area contributed by atoms with Crippen LogP contribution in [0.25, 0.3) is 0 Å². The van der Waals surface area contributed by atoms with Crippen LogP contribution in [-0.2, 0) is 23.7 Å². The van der Waals surface area contributed by atoms with Crippen molar-refractivity contribution < 1.29 is 10.2 Å². The average molecular weight is 499 g/mol. The van der Waals surface area contributed by atoms with Crippen LogP contribution in [0, 0.1) is 0 Å². The second kappa shape index (κ2) is 10.6. The molecule has 0 spiro atoms. The highest BCUT2D eigenvalue weighted by Gasteiger charge is 2.32. The first-order valence-electron chi connectivity index (χ1n) is 13.1. The topological polar surface area (TPSA) is 40.5 Å². The van der Waals surface area contributed by atoms with Gasteiger partial charge in [0.1, 0.15) is 11.5 Å². The summed E-state index contributed by atoms with van der Waals surface area (Å²) in [5, 5.41) is 19.6. The van der Waals surface area contributed by atoms with Crippen LogP contribution in [-0.4, -0.2) is 10.2 Å². The maximum absolute atomic E-state index is 9.80. The van der Waals surface area contributed by atoms with E-state index in [1.807, 2.05) is 24.3 Å². The van der Waals surface area contributed by atoms with Crippen LogP contribution >= 0.6 is 0 Å². The molecule has 2 N–H and O–H groups in total. The van der Waals surface area contributed by atoms with Crippen LogP contribution in [0.4, 0.5) is 0 Å². The minimum absolute atomic E-state index is 0.239. The standard InChI is InChI=1S/C36H34O2/c1-35(29-9-5-3-6-10-29,25-27-13-21-33(37)22-14-27)31-17-19-32(20-18-31)36(2,30-11-7-4-8-12-30)26-28-15-23-34(38)24-16-28/h3-24,37-38H,25-26H2,1-2H3. The second-order valence-corrected chi connectivity index (χ2v) is 10.7. The summed E-state index contributed by atoms with van der Waals surface area (Å²) in [6.45, 7) is 4.61. The molecule has 2 nitrogen and oxygen atoms in total. The molecule has 2 unspecified atom stereocenters. The van der Waals surface area contributed by atoms with Gasteiger partial charge in [0.25, 0.3) is 0 Å². The van der Waals surface area contributed by atoms with Gasteiger partial charge in [0.05, 0.1) is 0 Å². The molecule has 5 aromatic carbocycles. The third kappa shape index (κ3) is 5.21. The molecule has 0 aliphatic rings. The lowest BCUT2D eigenvalue weighted by Crippen LogP contribution is -2.29. The molecular formula is C36H34O2. The Balaban J connectivity index is 1.55. The summed E-state index contributed by atoms with van der Waals surface area (Å²) in [4.78, 5) is 0. The normalized spacial score (nSPS) is 14.4. The van der Waals surface area contributed by atoms with E-state index in [2.05, 4.69) is 98.8 Å². The smallest absolute Gasteiger partial charge is 0.115 e. The lowest BCUT2D eigenvalue weighted by atomic mass is 9.69. The van der Waals surface area contributed by atoms with E-state index in [1.54, 1.807) is 24.3 Å². The van der Waals surface area contributed by atoms with Gasteiger partial charge in [0, 0.05) is 10.8 Å². The average Bonchev–Trinajstić information content (AvgIpc) is 2.96. The third-order valence-corrected chi connectivity index (χ3v) is 7.97. The molecule has 0 fully saturated rings. The van der Waals surface area contributed by atoms with E-state index < -0.39 is 0 Å². The van der Waals surface area contributed by atoms with E-state index in [9.17, 15) is 10.2 Å². The van der Waals surface area contributed by atoms with Crippen molar-refractivity contribution in [3.63, 3.8) is 0 Å². The van der Waals surface area contributed by atoms with Crippen molar-refractivity contribution in [2.24, 2.45) is 0 Å². The number of benzene rings is 5. The van der Waals surface area contributed by atoms with Gasteiger partial charge in [-0.2, -0.15) is 0 Å². The molecule has 38 heavy (non-hydrogen) atoms. The highest BCUT2D eigenvalue weighted by Crippen LogP contribution is 2.40. The van der Waals surface area contributed by atoms with Gasteiger partial charge in [-0.1, -0.05) is 123 Å². The molecule has 0 aromatic heterocycles. The number of phenols is 2. The van der Waals surface area contributed by atoms with Gasteiger partial charge in [0.2, 0.25) is 0 Å². The molecule has 0 aliphatic carbocycles. The molecule has 0 radical (unpaired) electrons. The molecule has 2 atom stereocenters. The van der Waals surface area contributed by atoms with Crippen LogP contribution in [0.5, 0.6) is 11.5 Å². The van der Waals surface area contributed by atoms with Crippen LogP contribution < -0.4 is 0 Å². The van der Waals surface area contributed by atoms with Gasteiger partial charge in [0.15, 0.2) is 0 Å². The van der Waals surface area contributed by atoms with E-state index in [4.69, 9.17) is 0 Å². The van der Waals surface area contributed by atoms with Gasteiger partial charge in [-0.05, 0) is 70.5 Å². The molecule has 0 saturated heterocycles. The zero-order valence-electron chi connectivity index (χ0n) is 22.0. The maximum Gasteiger partial charge on any atom is 0.115 e. The third-order valence-electron chi connectivity index (χ3n) is 7.97. The lowest BCUT2D eigenvalue weighted by Gasteiger charge is -2.34. The molecule has 190 valence electrons. The highest BCUT2D eigenvalue weighted by atomic mass is 16.3. The van der Waals surface area contributed by atoms with E-state index in [0.717, 1.165) is 12.8 Å². The Morgan fingerprint density at radius 2 is 0.684 bits per heavy atom. The molecule has 0 saturated carbocycles. The molecular weight excluding hydrogens is 464 g/mol. The Morgan fingerprint density at radius 3 is 1.00 bits per heavy atom. The molecule has 0 aliphatic heterocycles. The van der Waals surface area contributed by atoms with E-state index in [-0.39, 0.29) is 22.3 Å². The molecule has 5 aromatic rings. The van der Waals surface area contributed by atoms with Crippen LogP contribution in [0.1, 0.15) is 47.2 Å². The quantitative estimate of drug-likeness (QED) is 0.226. The van der Waals surface area contributed by atoms with Gasteiger partial charge in [-0.15, -0.1) is 0 Å². The molecule has 0 amide bonds. The number of hydrogen-bond acceptors (Lipinski definition) is 2. The second-order valence-electron chi connectivity index (χ2n) is 10.7. The van der Waals surface area contributed by atoms with Crippen molar-refractivity contribution in [1.29, 1.82) is 0 Å². The van der Waals surface area contributed by atoms with Crippen molar-refractivity contribution in [1.82, 2.24) is 0 Å². The summed E-state index contributed by atoms with van der Waals surface area (Å²) in [6.07, 6.45) is 1.64. The zero-order chi connectivity index (χ0) is 26.6. The van der Waals surface area contributed by atoms with Crippen molar-refractivity contribution in [3.8, 4) is 11.5 Å². The van der Waals surface area contributed by atoms with Crippen LogP contribution in [0.15, 0.2) is 133 Å². The Bertz CT molecular complexity index is 1340. The predicted octanol–water partition coefficient (Wildman–Crippen LogP) is 8.20. The molecule has 0 bridgehead atoms. The fourth-order valence-corrected chi connectivity index (χ4v) is 5.60. The summed E-state index contributed by atoms with van der Waals surface area (Å²) in [6, 6.07) is 45.5. The fourth-order valence-electron chi connectivity index (χ4n) is 5.60. The van der Waals surface area contributed by atoms with E-state index in [1.165, 1.54) is 33.4 Å². The van der Waals surface area contributed by atoms with Gasteiger partial charge < -0.3 is 10.2 Å². The first-order chi connectivity index (χ1) is 18.4. The zero-order valence-corrected chi connectivity index (χ0v) is 22.0. The van der Waals surface area contributed by atoms with Crippen molar-refractivity contribution in [3.05, 3.63) is 167 Å². The van der Waals surface area contributed by atoms with Crippen LogP contribution in [0.3, 0.4) is 0 Å². The summed E-state index contributed by atoms with van der Waals surface area (Å²) in [5.41, 5.74) is 6.90. The fraction of sp³-hybridized carbons (Fsp3) is 0.167. The van der Waals surface area contributed by atoms with E-state index in [0.29, 0.717) is 0 Å². The van der Waals surface area contributed by atoms with Gasteiger partial charge in [-0.3, -0.25) is 0 Å². The Labute approximate surface area is 225 Å². The number of phenolic OH excluding ortho intramolecular Hbond substituents is 2. The SMILES string of the molecule is CC(Cc1ccc(O)cc1)(c1ccccc1)c1ccc(C(C)(Cc2ccc(O)cc2)c2ccccc2)cc1. The number of aromatic hydroxyl groups is 2. The Kier molecular flexibility index (Phi) is 7.07. The van der Waals surface area contributed by atoms with Crippen molar-refractivity contribution in [2.45, 2.75) is 37.5 Å². The minimum Gasteiger partial charge on any atom is -0.508 e. The van der Waals surface area contributed by atoms with Crippen LogP contribution in [0.2, 0.25) is 0 Å². The largest absolute Gasteiger partial charge is 0.508 e. The first kappa shape index (κ1) is 25.4. The summed E-state index contributed by atoms with van der Waals surface area (Å²) in [5.74, 6) is 0.571. The summed E-state index contributed by atoms with van der Waals surface area (Å²) >= 11 is 0. The van der Waals surface area contributed by atoms with Crippen molar-refractivity contribution in [2.75, 3.05) is 0 Å². The monoisotopic (exact) mass is 498 g/mol. The predicted molar refractivity (Wildman–Crippen MR) is 156 cm³/mol.